The van der Waals surface area contributed by atoms with Crippen LogP contribution in [0.2, 0.25) is 0 Å². The minimum absolute atomic E-state index is 0.0431. The molecule has 2 amide bonds. The summed E-state index contributed by atoms with van der Waals surface area (Å²) in [4.78, 5) is 33.8. The van der Waals surface area contributed by atoms with E-state index in [0.29, 0.717) is 7.05 Å². The van der Waals surface area contributed by atoms with Gasteiger partial charge in [-0.25, -0.2) is 4.31 Å². The molecule has 0 aliphatic rings. The number of nitrogens with one attached hydrogen (secondary N) is 1. The van der Waals surface area contributed by atoms with Crippen molar-refractivity contribution in [2.45, 2.75) is 18.3 Å². The molecule has 0 bridgehead atoms. The Hall–Kier alpha value is -1.50. The van der Waals surface area contributed by atoms with Crippen LogP contribution < -0.4 is 5.32 Å². The van der Waals surface area contributed by atoms with E-state index in [1.165, 1.54) is 11.8 Å². The van der Waals surface area contributed by atoms with Gasteiger partial charge in [-0.05, 0) is 6.26 Å². The number of halogens is 3. The molecule has 0 radical (unpaired) electrons. The number of alkyl halides is 3. The molecule has 0 fully saturated rings. The van der Waals surface area contributed by atoms with Gasteiger partial charge in [0.25, 0.3) is 0 Å². The number of carbonyl (C=O) groups excluding carboxylic acids is 3. The highest BCUT2D eigenvalue weighted by Gasteiger charge is 2.50. The van der Waals surface area contributed by atoms with Crippen molar-refractivity contribution in [3.05, 3.63) is 0 Å². The normalized spacial score (nSPS) is 11.7. The molecule has 0 atom stereocenters. The van der Waals surface area contributed by atoms with Crippen LogP contribution in [0.3, 0.4) is 0 Å². The molecule has 0 aromatic rings. The van der Waals surface area contributed by atoms with Crippen molar-refractivity contribution in [1.82, 2.24) is 9.62 Å². The monoisotopic (exact) mass is 394 g/mol. The molecule has 0 heterocycles. The largest absolute Gasteiger partial charge is 0.516 e. The fraction of sp³-hybridized carbons (Fsp3) is 0.727. The third kappa shape index (κ3) is 7.38. The Kier molecular flexibility index (Phi) is 9.11. The van der Waals surface area contributed by atoms with Gasteiger partial charge >= 0.3 is 21.5 Å². The summed E-state index contributed by atoms with van der Waals surface area (Å²) in [5, 5.41) is 2.44. The van der Waals surface area contributed by atoms with E-state index in [4.69, 9.17) is 0 Å². The van der Waals surface area contributed by atoms with Crippen molar-refractivity contribution >= 4 is 39.6 Å². The number of sulfonamides is 1. The van der Waals surface area contributed by atoms with Gasteiger partial charge in [0.05, 0.1) is 18.7 Å². The summed E-state index contributed by atoms with van der Waals surface area (Å²) >= 11 is 1.30. The Balaban J connectivity index is 4.19. The lowest BCUT2D eigenvalue weighted by molar-refractivity contribution is -0.145. The fourth-order valence-corrected chi connectivity index (χ4v) is 2.30. The van der Waals surface area contributed by atoms with Gasteiger partial charge in [-0.2, -0.15) is 33.4 Å². The summed E-state index contributed by atoms with van der Waals surface area (Å²) in [5.41, 5.74) is -5.60. The van der Waals surface area contributed by atoms with E-state index in [1.54, 1.807) is 6.26 Å². The lowest BCUT2D eigenvalue weighted by atomic mass is 10.3. The van der Waals surface area contributed by atoms with Crippen LogP contribution in [0.25, 0.3) is 0 Å². The molecule has 0 aliphatic carbocycles. The first-order valence-electron chi connectivity index (χ1n) is 6.42. The molecule has 13 heteroatoms. The number of ether oxygens (including phenoxy) is 1. The van der Waals surface area contributed by atoms with Gasteiger partial charge in [0.1, 0.15) is 6.61 Å². The predicted octanol–water partition coefficient (Wildman–Crippen LogP) is 0.0970. The Morgan fingerprint density at radius 3 is 2.29 bits per heavy atom. The zero-order valence-corrected chi connectivity index (χ0v) is 14.5. The van der Waals surface area contributed by atoms with E-state index in [0.717, 1.165) is 0 Å². The smallest absolute Gasteiger partial charge is 0.464 e. The van der Waals surface area contributed by atoms with Crippen molar-refractivity contribution < 1.29 is 40.7 Å². The van der Waals surface area contributed by atoms with E-state index in [9.17, 15) is 36.0 Å². The van der Waals surface area contributed by atoms with Gasteiger partial charge in [0.15, 0.2) is 0 Å². The maximum atomic E-state index is 12.3. The van der Waals surface area contributed by atoms with Crippen molar-refractivity contribution in [2.75, 3.05) is 32.2 Å². The Bertz CT molecular complexity index is 565. The minimum atomic E-state index is -5.78. The van der Waals surface area contributed by atoms with Crippen molar-refractivity contribution in [1.29, 1.82) is 0 Å². The maximum absolute atomic E-state index is 12.3. The number of rotatable bonds is 9. The average Bonchev–Trinajstić information content (AvgIpc) is 2.47. The number of carbonyl (C=O) groups is 3. The molecule has 0 aromatic heterocycles. The van der Waals surface area contributed by atoms with Crippen molar-refractivity contribution in [3.8, 4) is 0 Å². The molecule has 0 saturated heterocycles. The number of thioether (sulfide) groups is 1. The zero-order chi connectivity index (χ0) is 19.0. The topological polar surface area (TPSA) is 110 Å². The van der Waals surface area contributed by atoms with Crippen LogP contribution in [0.5, 0.6) is 0 Å². The Morgan fingerprint density at radius 1 is 1.21 bits per heavy atom. The van der Waals surface area contributed by atoms with Gasteiger partial charge < -0.3 is 10.1 Å². The predicted molar refractivity (Wildman–Crippen MR) is 79.3 cm³/mol. The van der Waals surface area contributed by atoms with E-state index < -0.39 is 44.6 Å². The number of hydrogen-bond acceptors (Lipinski definition) is 7. The van der Waals surface area contributed by atoms with Crippen LogP contribution in [0.1, 0.15) is 12.8 Å². The SMILES string of the molecule is CSCC(=O)NCCOC(=O)CCC(=O)N(C)S(=O)(=O)C(F)(F)F. The first-order valence-corrected chi connectivity index (χ1v) is 9.26. The molecule has 0 spiro atoms. The van der Waals surface area contributed by atoms with Crippen LogP contribution in [0.15, 0.2) is 0 Å². The molecule has 0 aliphatic heterocycles. The maximum Gasteiger partial charge on any atom is 0.516 e. The van der Waals surface area contributed by atoms with Crippen molar-refractivity contribution in [3.63, 3.8) is 0 Å². The van der Waals surface area contributed by atoms with Crippen LogP contribution in [-0.4, -0.2) is 68.2 Å². The number of nitrogens with zero attached hydrogens (tertiary/aromatic N) is 1. The third-order valence-electron chi connectivity index (χ3n) is 2.51. The standard InChI is InChI=1S/C11H17F3N2O6S2/c1-16(24(20,21)11(12,13)14)9(18)3-4-10(19)22-6-5-15-8(17)7-23-2/h3-7H2,1-2H3,(H,15,17). The van der Waals surface area contributed by atoms with Crippen LogP contribution in [0.4, 0.5) is 13.2 Å². The quantitative estimate of drug-likeness (QED) is 0.436. The summed E-state index contributed by atoms with van der Waals surface area (Å²) in [6.07, 6.45) is 0.380. The summed E-state index contributed by atoms with van der Waals surface area (Å²) in [6, 6.07) is 0. The van der Waals surface area contributed by atoms with Gasteiger partial charge in [-0.3, -0.25) is 14.4 Å². The van der Waals surface area contributed by atoms with Crippen LogP contribution in [-0.2, 0) is 29.1 Å². The molecule has 0 unspecified atom stereocenters. The van der Waals surface area contributed by atoms with E-state index in [1.807, 2.05) is 0 Å². The van der Waals surface area contributed by atoms with Gasteiger partial charge in [-0.15, -0.1) is 0 Å². The molecule has 140 valence electrons. The molecule has 0 aromatic carbocycles. The summed E-state index contributed by atoms with van der Waals surface area (Å²) < 4.78 is 62.9. The van der Waals surface area contributed by atoms with Crippen LogP contribution in [0, 0.1) is 0 Å². The van der Waals surface area contributed by atoms with Crippen molar-refractivity contribution in [2.24, 2.45) is 0 Å². The van der Waals surface area contributed by atoms with E-state index in [2.05, 4.69) is 10.1 Å². The first kappa shape index (κ1) is 22.5. The number of amides is 2. The summed E-state index contributed by atoms with van der Waals surface area (Å²) in [7, 11) is -5.32. The molecule has 0 rings (SSSR count). The Morgan fingerprint density at radius 2 is 1.79 bits per heavy atom. The minimum Gasteiger partial charge on any atom is -0.464 e. The summed E-state index contributed by atoms with van der Waals surface area (Å²) in [6.45, 7) is -0.134. The second kappa shape index (κ2) is 9.71. The molecular weight excluding hydrogens is 377 g/mol. The fourth-order valence-electron chi connectivity index (χ4n) is 1.27. The molecular formula is C11H17F3N2O6S2. The first-order chi connectivity index (χ1) is 10.9. The second-order valence-corrected chi connectivity index (χ2v) is 7.14. The third-order valence-corrected chi connectivity index (χ3v) is 4.57. The lowest BCUT2D eigenvalue weighted by Gasteiger charge is -2.18. The molecule has 8 nitrogen and oxygen atoms in total. The number of esters is 1. The molecule has 24 heavy (non-hydrogen) atoms. The highest BCUT2D eigenvalue weighted by Crippen LogP contribution is 2.26. The number of hydrogen-bond donors (Lipinski definition) is 1. The van der Waals surface area contributed by atoms with Gasteiger partial charge in [-0.1, -0.05) is 0 Å². The van der Waals surface area contributed by atoms with Crippen LogP contribution >= 0.6 is 11.8 Å². The Labute approximate surface area is 141 Å². The van der Waals surface area contributed by atoms with Gasteiger partial charge in [0, 0.05) is 13.5 Å². The second-order valence-electron chi connectivity index (χ2n) is 4.32. The van der Waals surface area contributed by atoms with E-state index in [-0.39, 0.29) is 24.8 Å². The molecule has 1 N–H and O–H groups in total. The molecule has 0 saturated carbocycles. The zero-order valence-electron chi connectivity index (χ0n) is 12.9. The summed E-state index contributed by atoms with van der Waals surface area (Å²) in [5.74, 6) is -2.31. The average molecular weight is 394 g/mol. The highest BCUT2D eigenvalue weighted by molar-refractivity contribution is 7.99. The lowest BCUT2D eigenvalue weighted by Crippen LogP contribution is -2.41. The highest BCUT2D eigenvalue weighted by atomic mass is 32.2. The van der Waals surface area contributed by atoms with E-state index >= 15 is 0 Å². The van der Waals surface area contributed by atoms with Gasteiger partial charge in [0.2, 0.25) is 11.8 Å².